The maximum atomic E-state index is 14.6. The molecule has 226 valence electrons. The third-order valence-corrected chi connectivity index (χ3v) is 9.23. The van der Waals surface area contributed by atoms with Crippen LogP contribution in [0.2, 0.25) is 0 Å². The first-order valence-corrected chi connectivity index (χ1v) is 15.7. The van der Waals surface area contributed by atoms with Crippen LogP contribution in [0.25, 0.3) is 16.6 Å². The van der Waals surface area contributed by atoms with Gasteiger partial charge in [0.2, 0.25) is 5.91 Å². The smallest absolute Gasteiger partial charge is 0.256 e. The zero-order valence-corrected chi connectivity index (χ0v) is 25.9. The van der Waals surface area contributed by atoms with Crippen LogP contribution in [0, 0.1) is 24.6 Å². The number of hydrogen-bond acceptors (Lipinski definition) is 4. The number of pyridine rings is 1. The second-order valence-corrected chi connectivity index (χ2v) is 12.7. The first kappa shape index (κ1) is 30.2. The SMILES string of the molecule is CCCN(C(=O)c1cc(F)ccc1-n1cc(C[C@@H]2CCN(CC3CCN(C(C)=O)CC3)C2)c2c(C)cncc21)C(C)C. The van der Waals surface area contributed by atoms with E-state index in [1.165, 1.54) is 23.1 Å². The third kappa shape index (κ3) is 6.38. The van der Waals surface area contributed by atoms with E-state index in [1.54, 1.807) is 13.0 Å². The van der Waals surface area contributed by atoms with Crippen LogP contribution in [-0.2, 0) is 11.2 Å². The van der Waals surface area contributed by atoms with Crippen molar-refractivity contribution in [1.29, 1.82) is 0 Å². The van der Waals surface area contributed by atoms with Crippen molar-refractivity contribution in [2.45, 2.75) is 72.8 Å². The second kappa shape index (κ2) is 12.9. The predicted molar refractivity (Wildman–Crippen MR) is 165 cm³/mol. The summed E-state index contributed by atoms with van der Waals surface area (Å²) in [4.78, 5) is 36.4. The molecule has 1 atom stereocenters. The molecule has 0 spiro atoms. The molecule has 2 saturated heterocycles. The maximum absolute atomic E-state index is 14.6. The molecular weight excluding hydrogens is 529 g/mol. The summed E-state index contributed by atoms with van der Waals surface area (Å²) in [5, 5.41) is 1.18. The number of rotatable bonds is 9. The van der Waals surface area contributed by atoms with Gasteiger partial charge in [-0.25, -0.2) is 4.39 Å². The Bertz CT molecular complexity index is 1420. The van der Waals surface area contributed by atoms with E-state index in [9.17, 15) is 14.0 Å². The van der Waals surface area contributed by atoms with Crippen LogP contribution >= 0.6 is 0 Å². The summed E-state index contributed by atoms with van der Waals surface area (Å²) in [7, 11) is 0. The van der Waals surface area contributed by atoms with Gasteiger partial charge in [-0.15, -0.1) is 0 Å². The number of carbonyl (C=O) groups excluding carboxylic acids is 2. The highest BCUT2D eigenvalue weighted by molar-refractivity contribution is 5.99. The van der Waals surface area contributed by atoms with Gasteiger partial charge in [0.05, 0.1) is 23.0 Å². The number of piperidine rings is 1. The van der Waals surface area contributed by atoms with Crippen molar-refractivity contribution in [2.75, 3.05) is 39.3 Å². The van der Waals surface area contributed by atoms with Crippen LogP contribution < -0.4 is 0 Å². The van der Waals surface area contributed by atoms with Crippen molar-refractivity contribution in [3.63, 3.8) is 0 Å². The summed E-state index contributed by atoms with van der Waals surface area (Å²) in [6.45, 7) is 15.5. The number of benzene rings is 1. The number of aromatic nitrogens is 2. The Morgan fingerprint density at radius 2 is 1.83 bits per heavy atom. The van der Waals surface area contributed by atoms with Gasteiger partial charge >= 0.3 is 0 Å². The lowest BCUT2D eigenvalue weighted by molar-refractivity contribution is -0.130. The number of likely N-dealkylation sites (tertiary alicyclic amines) is 2. The predicted octanol–water partition coefficient (Wildman–Crippen LogP) is 5.86. The van der Waals surface area contributed by atoms with Gasteiger partial charge in [0.15, 0.2) is 0 Å². The minimum atomic E-state index is -0.411. The lowest BCUT2D eigenvalue weighted by atomic mass is 9.96. The maximum Gasteiger partial charge on any atom is 0.256 e. The number of aryl methyl sites for hydroxylation is 1. The largest absolute Gasteiger partial charge is 0.343 e. The molecule has 2 amide bonds. The second-order valence-electron chi connectivity index (χ2n) is 12.7. The van der Waals surface area contributed by atoms with Crippen molar-refractivity contribution in [2.24, 2.45) is 11.8 Å². The molecule has 5 rings (SSSR count). The van der Waals surface area contributed by atoms with Crippen molar-refractivity contribution < 1.29 is 14.0 Å². The molecule has 7 nitrogen and oxygen atoms in total. The van der Waals surface area contributed by atoms with Gasteiger partial charge in [-0.3, -0.25) is 14.6 Å². The van der Waals surface area contributed by atoms with Gasteiger partial charge < -0.3 is 19.3 Å². The van der Waals surface area contributed by atoms with Crippen molar-refractivity contribution in [3.05, 3.63) is 59.3 Å². The van der Waals surface area contributed by atoms with Crippen LogP contribution in [0.1, 0.15) is 74.9 Å². The normalized spacial score (nSPS) is 18.4. The molecule has 0 radical (unpaired) electrons. The highest BCUT2D eigenvalue weighted by Gasteiger charge is 2.29. The number of nitrogens with zero attached hydrogens (tertiary/aromatic N) is 5. The molecule has 42 heavy (non-hydrogen) atoms. The summed E-state index contributed by atoms with van der Waals surface area (Å²) < 4.78 is 16.6. The van der Waals surface area contributed by atoms with Crippen LogP contribution in [0.5, 0.6) is 0 Å². The third-order valence-electron chi connectivity index (χ3n) is 9.23. The Labute approximate surface area is 249 Å². The minimum Gasteiger partial charge on any atom is -0.343 e. The van der Waals surface area contributed by atoms with Crippen molar-refractivity contribution in [1.82, 2.24) is 24.3 Å². The number of hydrogen-bond donors (Lipinski definition) is 0. The minimum absolute atomic E-state index is 0.0152. The van der Waals surface area contributed by atoms with E-state index in [0.717, 1.165) is 75.9 Å². The molecule has 0 bridgehead atoms. The molecule has 1 aromatic carbocycles. The number of carbonyl (C=O) groups is 2. The molecule has 2 aliphatic rings. The van der Waals surface area contributed by atoms with Gasteiger partial charge in [0.1, 0.15) is 5.82 Å². The Morgan fingerprint density at radius 3 is 2.52 bits per heavy atom. The fourth-order valence-corrected chi connectivity index (χ4v) is 7.03. The average molecular weight is 576 g/mol. The molecule has 8 heteroatoms. The monoisotopic (exact) mass is 575 g/mol. The fourth-order valence-electron chi connectivity index (χ4n) is 7.03. The highest BCUT2D eigenvalue weighted by Crippen LogP contribution is 2.33. The van der Waals surface area contributed by atoms with Gasteiger partial charge in [0.25, 0.3) is 5.91 Å². The van der Waals surface area contributed by atoms with E-state index in [2.05, 4.69) is 34.5 Å². The van der Waals surface area contributed by atoms with E-state index in [-0.39, 0.29) is 17.9 Å². The summed E-state index contributed by atoms with van der Waals surface area (Å²) in [5.41, 5.74) is 4.38. The van der Waals surface area contributed by atoms with Crippen LogP contribution in [-0.4, -0.2) is 81.4 Å². The molecule has 0 saturated carbocycles. The van der Waals surface area contributed by atoms with E-state index in [4.69, 9.17) is 0 Å². The summed E-state index contributed by atoms with van der Waals surface area (Å²) >= 11 is 0. The van der Waals surface area contributed by atoms with Crippen molar-refractivity contribution >= 4 is 22.7 Å². The quantitative estimate of drug-likeness (QED) is 0.321. The van der Waals surface area contributed by atoms with Crippen LogP contribution in [0.4, 0.5) is 4.39 Å². The average Bonchev–Trinajstić information content (AvgIpc) is 3.56. The molecule has 2 aromatic heterocycles. The standard InChI is InChI=1S/C34H46FN5O2/c1-6-12-39(23(2)3)34(42)30-17-29(35)7-8-31(30)40-22-28(33-24(4)18-36-19-32(33)40)16-27-9-13-37(21-27)20-26-10-14-38(15-11-26)25(5)41/h7-8,17-19,22-23,26-27H,6,9-16,20-21H2,1-5H3/t27-/m0/s1. The Hall–Kier alpha value is -3.26. The lowest BCUT2D eigenvalue weighted by Crippen LogP contribution is -2.40. The topological polar surface area (TPSA) is 61.7 Å². The number of amides is 2. The van der Waals surface area contributed by atoms with Gasteiger partial charge in [-0.1, -0.05) is 6.92 Å². The zero-order valence-electron chi connectivity index (χ0n) is 25.9. The molecule has 0 N–H and O–H groups in total. The van der Waals surface area contributed by atoms with E-state index >= 15 is 0 Å². The van der Waals surface area contributed by atoms with Crippen LogP contribution in [0.15, 0.2) is 36.8 Å². The zero-order chi connectivity index (χ0) is 30.0. The van der Waals surface area contributed by atoms with E-state index < -0.39 is 5.82 Å². The van der Waals surface area contributed by atoms with Crippen molar-refractivity contribution in [3.8, 4) is 5.69 Å². The summed E-state index contributed by atoms with van der Waals surface area (Å²) in [6.07, 6.45) is 11.0. The van der Waals surface area contributed by atoms with Gasteiger partial charge in [-0.2, -0.15) is 0 Å². The molecule has 2 aliphatic heterocycles. The first-order chi connectivity index (χ1) is 20.2. The molecule has 3 aromatic rings. The Kier molecular flexibility index (Phi) is 9.31. The first-order valence-electron chi connectivity index (χ1n) is 15.7. The molecule has 0 unspecified atom stereocenters. The molecule has 0 aliphatic carbocycles. The van der Waals surface area contributed by atoms with Gasteiger partial charge in [-0.05, 0) is 101 Å². The Balaban J connectivity index is 1.39. The lowest BCUT2D eigenvalue weighted by Gasteiger charge is -2.33. The molecular formula is C34H46FN5O2. The van der Waals surface area contributed by atoms with E-state index in [0.29, 0.717) is 29.6 Å². The summed E-state index contributed by atoms with van der Waals surface area (Å²) in [5.74, 6) is 0.832. The molecule has 2 fully saturated rings. The summed E-state index contributed by atoms with van der Waals surface area (Å²) in [6, 6.07) is 4.57. The van der Waals surface area contributed by atoms with E-state index in [1.807, 2.05) is 36.0 Å². The molecule has 4 heterocycles. The fraction of sp³-hybridized carbons (Fsp3) is 0.559. The number of halogens is 1. The van der Waals surface area contributed by atoms with Gasteiger partial charge in [0, 0.05) is 63.5 Å². The number of fused-ring (bicyclic) bond motifs is 1. The highest BCUT2D eigenvalue weighted by atomic mass is 19.1. The van der Waals surface area contributed by atoms with Crippen LogP contribution in [0.3, 0.4) is 0 Å². The Morgan fingerprint density at radius 1 is 1.10 bits per heavy atom.